The van der Waals surface area contributed by atoms with Crippen molar-refractivity contribution in [2.45, 2.75) is 12.8 Å². The van der Waals surface area contributed by atoms with Crippen LogP contribution in [0.2, 0.25) is 0 Å². The Bertz CT molecular complexity index is 665. The molecular weight excluding hydrogens is 294 g/mol. The molecule has 1 fully saturated rings. The van der Waals surface area contributed by atoms with E-state index >= 15 is 0 Å². The van der Waals surface area contributed by atoms with Crippen LogP contribution in [0.4, 0.5) is 5.69 Å². The molecule has 0 N–H and O–H groups in total. The summed E-state index contributed by atoms with van der Waals surface area (Å²) >= 11 is 5.95. The Labute approximate surface area is 125 Å². The van der Waals surface area contributed by atoms with Crippen LogP contribution in [0.1, 0.15) is 23.2 Å². The Hall–Kier alpha value is -2.14. The van der Waals surface area contributed by atoms with Gasteiger partial charge in [-0.3, -0.25) is 14.5 Å². The summed E-state index contributed by atoms with van der Waals surface area (Å²) in [5.74, 6) is -2.63. The van der Waals surface area contributed by atoms with Crippen LogP contribution < -0.4 is 10.0 Å². The molecule has 1 aromatic rings. The van der Waals surface area contributed by atoms with Crippen molar-refractivity contribution in [1.29, 1.82) is 0 Å². The van der Waals surface area contributed by atoms with Gasteiger partial charge in [-0.25, -0.2) is 0 Å². The maximum atomic E-state index is 12.4. The predicted octanol–water partition coefficient (Wildman–Crippen LogP) is 1.07. The number of hydrogen-bond donors (Lipinski definition) is 0. The molecule has 2 aliphatic rings. The normalized spacial score (nSPS) is 24.8. The van der Waals surface area contributed by atoms with Gasteiger partial charge in [-0.1, -0.05) is 29.8 Å². The number of fused-ring (bicyclic) bond motifs is 1. The highest BCUT2D eigenvalue weighted by molar-refractivity contribution is 6.30. The lowest BCUT2D eigenvalue weighted by Gasteiger charge is -2.17. The van der Waals surface area contributed by atoms with E-state index in [1.54, 1.807) is 6.08 Å². The minimum Gasteiger partial charge on any atom is -0.545 e. The molecule has 5 nitrogen and oxygen atoms in total. The van der Waals surface area contributed by atoms with E-state index in [-0.39, 0.29) is 23.3 Å². The number of carbonyl (C=O) groups is 3. The van der Waals surface area contributed by atoms with Gasteiger partial charge in [0.1, 0.15) is 0 Å². The van der Waals surface area contributed by atoms with Crippen molar-refractivity contribution >= 4 is 35.1 Å². The molecule has 0 radical (unpaired) electrons. The quantitative estimate of drug-likeness (QED) is 0.766. The summed E-state index contributed by atoms with van der Waals surface area (Å²) in [4.78, 5) is 36.6. The summed E-state index contributed by atoms with van der Waals surface area (Å²) in [6.07, 6.45) is 2.61. The second-order valence-corrected chi connectivity index (χ2v) is 5.64. The highest BCUT2D eigenvalue weighted by atomic mass is 35.5. The molecule has 21 heavy (non-hydrogen) atoms. The summed E-state index contributed by atoms with van der Waals surface area (Å²) < 4.78 is 0. The van der Waals surface area contributed by atoms with Gasteiger partial charge in [0.15, 0.2) is 0 Å². The first kappa shape index (κ1) is 13.8. The molecule has 0 aromatic heterocycles. The van der Waals surface area contributed by atoms with E-state index in [0.717, 1.165) is 4.90 Å². The van der Waals surface area contributed by atoms with Gasteiger partial charge in [0, 0.05) is 5.03 Å². The molecular formula is C15H11ClNO4-. The third-order valence-electron chi connectivity index (χ3n) is 3.93. The van der Waals surface area contributed by atoms with Crippen LogP contribution in [0.25, 0.3) is 0 Å². The van der Waals surface area contributed by atoms with Crippen LogP contribution in [0.3, 0.4) is 0 Å². The van der Waals surface area contributed by atoms with Gasteiger partial charge < -0.3 is 9.90 Å². The third kappa shape index (κ3) is 2.23. The Morgan fingerprint density at radius 1 is 1.14 bits per heavy atom. The number of carbonyl (C=O) groups excluding carboxylic acids is 3. The fraction of sp³-hybridized carbons (Fsp3) is 0.267. The minimum absolute atomic E-state index is 0.0000256. The van der Waals surface area contributed by atoms with E-state index in [9.17, 15) is 19.5 Å². The van der Waals surface area contributed by atoms with E-state index in [2.05, 4.69) is 0 Å². The van der Waals surface area contributed by atoms with E-state index < -0.39 is 11.9 Å². The SMILES string of the molecule is O=C([O-])c1ccc(N2C(=O)C3CC=C(Cl)CC3C2=O)cc1. The first-order chi connectivity index (χ1) is 9.99. The molecule has 2 atom stereocenters. The lowest BCUT2D eigenvalue weighted by molar-refractivity contribution is -0.255. The van der Waals surface area contributed by atoms with Crippen molar-refractivity contribution in [2.75, 3.05) is 4.90 Å². The van der Waals surface area contributed by atoms with Crippen molar-refractivity contribution in [3.63, 3.8) is 0 Å². The molecule has 0 spiro atoms. The number of halogens is 1. The third-order valence-corrected chi connectivity index (χ3v) is 4.24. The molecule has 1 aliphatic heterocycles. The van der Waals surface area contributed by atoms with Gasteiger partial charge in [-0.2, -0.15) is 0 Å². The largest absolute Gasteiger partial charge is 0.545 e. The summed E-state index contributed by atoms with van der Waals surface area (Å²) in [5.41, 5.74) is 0.375. The number of imide groups is 1. The minimum atomic E-state index is -1.30. The summed E-state index contributed by atoms with van der Waals surface area (Å²) in [7, 11) is 0. The van der Waals surface area contributed by atoms with Crippen molar-refractivity contribution in [3.05, 3.63) is 40.9 Å². The molecule has 1 aromatic carbocycles. The number of carboxylic acid groups (broad SMARTS) is 1. The Balaban J connectivity index is 1.91. The fourth-order valence-electron chi connectivity index (χ4n) is 2.83. The average molecular weight is 305 g/mol. The number of rotatable bonds is 2. The number of anilines is 1. The zero-order valence-electron chi connectivity index (χ0n) is 10.9. The second-order valence-electron chi connectivity index (χ2n) is 5.15. The van der Waals surface area contributed by atoms with Crippen molar-refractivity contribution in [3.8, 4) is 0 Å². The smallest absolute Gasteiger partial charge is 0.238 e. The first-order valence-corrected chi connectivity index (χ1v) is 6.90. The lowest BCUT2D eigenvalue weighted by Crippen LogP contribution is -2.31. The maximum Gasteiger partial charge on any atom is 0.238 e. The standard InChI is InChI=1S/C15H12ClNO4/c16-9-3-6-11-12(7-9)14(19)17(13(11)18)10-4-1-8(2-5-10)15(20)21/h1-5,11-12H,6-7H2,(H,20,21)/p-1. The number of benzene rings is 1. The highest BCUT2D eigenvalue weighted by Crippen LogP contribution is 2.40. The zero-order chi connectivity index (χ0) is 15.1. The van der Waals surface area contributed by atoms with Crippen LogP contribution in [0, 0.1) is 11.8 Å². The van der Waals surface area contributed by atoms with Gasteiger partial charge in [-0.05, 0) is 30.5 Å². The van der Waals surface area contributed by atoms with Crippen molar-refractivity contribution in [1.82, 2.24) is 0 Å². The molecule has 1 saturated heterocycles. The molecule has 0 bridgehead atoms. The van der Waals surface area contributed by atoms with Crippen molar-refractivity contribution in [2.24, 2.45) is 11.8 Å². The molecule has 0 saturated carbocycles. The van der Waals surface area contributed by atoms with E-state index in [1.165, 1.54) is 24.3 Å². The summed E-state index contributed by atoms with van der Waals surface area (Å²) in [6.45, 7) is 0. The van der Waals surface area contributed by atoms with Crippen LogP contribution in [-0.4, -0.2) is 17.8 Å². The van der Waals surface area contributed by atoms with E-state index in [4.69, 9.17) is 11.6 Å². The monoisotopic (exact) mass is 304 g/mol. The van der Waals surface area contributed by atoms with Crippen LogP contribution in [0.5, 0.6) is 0 Å². The van der Waals surface area contributed by atoms with E-state index in [1.807, 2.05) is 0 Å². The zero-order valence-corrected chi connectivity index (χ0v) is 11.7. The Morgan fingerprint density at radius 3 is 2.38 bits per heavy atom. The van der Waals surface area contributed by atoms with Gasteiger partial charge >= 0.3 is 0 Å². The molecule has 108 valence electrons. The molecule has 1 heterocycles. The molecule has 2 unspecified atom stereocenters. The number of aromatic carboxylic acids is 1. The number of carboxylic acids is 1. The molecule has 6 heteroatoms. The molecule has 1 aliphatic carbocycles. The topological polar surface area (TPSA) is 77.5 Å². The first-order valence-electron chi connectivity index (χ1n) is 6.53. The number of nitrogens with zero attached hydrogens (tertiary/aromatic N) is 1. The average Bonchev–Trinajstić information content (AvgIpc) is 2.70. The number of allylic oxidation sites excluding steroid dienone is 2. The van der Waals surface area contributed by atoms with Crippen LogP contribution in [0.15, 0.2) is 35.4 Å². The predicted molar refractivity (Wildman–Crippen MR) is 73.4 cm³/mol. The van der Waals surface area contributed by atoms with Crippen molar-refractivity contribution < 1.29 is 19.5 Å². The maximum absolute atomic E-state index is 12.4. The van der Waals surface area contributed by atoms with Crippen LogP contribution in [-0.2, 0) is 9.59 Å². The van der Waals surface area contributed by atoms with E-state index in [0.29, 0.717) is 23.6 Å². The Morgan fingerprint density at radius 2 is 1.76 bits per heavy atom. The lowest BCUT2D eigenvalue weighted by atomic mass is 9.85. The highest BCUT2D eigenvalue weighted by Gasteiger charge is 2.48. The molecule has 3 rings (SSSR count). The number of hydrogen-bond acceptors (Lipinski definition) is 4. The molecule has 2 amide bonds. The second kappa shape index (κ2) is 5.00. The summed E-state index contributed by atoms with van der Waals surface area (Å²) in [6, 6.07) is 5.51. The van der Waals surface area contributed by atoms with Crippen LogP contribution >= 0.6 is 11.6 Å². The summed E-state index contributed by atoms with van der Waals surface area (Å²) in [5, 5.41) is 11.3. The number of amides is 2. The fourth-order valence-corrected chi connectivity index (χ4v) is 3.08. The van der Waals surface area contributed by atoms with Gasteiger partial charge in [-0.15, -0.1) is 0 Å². The van der Waals surface area contributed by atoms with Gasteiger partial charge in [0.2, 0.25) is 11.8 Å². The van der Waals surface area contributed by atoms with Gasteiger partial charge in [0.05, 0.1) is 23.5 Å². The van der Waals surface area contributed by atoms with Gasteiger partial charge in [0.25, 0.3) is 0 Å². The Kier molecular flexibility index (Phi) is 3.29.